The van der Waals surface area contributed by atoms with Gasteiger partial charge in [-0.25, -0.2) is 4.98 Å². The zero-order valence-electron chi connectivity index (χ0n) is 19.6. The topological polar surface area (TPSA) is 122 Å². The summed E-state index contributed by atoms with van der Waals surface area (Å²) in [5.41, 5.74) is 2.30. The van der Waals surface area contributed by atoms with Gasteiger partial charge in [-0.05, 0) is 24.3 Å². The molecule has 0 radical (unpaired) electrons. The third-order valence-electron chi connectivity index (χ3n) is 5.50. The van der Waals surface area contributed by atoms with Crippen LogP contribution < -0.4 is 14.2 Å². The fraction of sp³-hybridized carbons (Fsp3) is 0.240. The highest BCUT2D eigenvalue weighted by atomic mass is 16.5. The molecule has 4 aromatic rings. The van der Waals surface area contributed by atoms with Crippen LogP contribution in [0.25, 0.3) is 11.2 Å². The first kappa shape index (κ1) is 22.2. The van der Waals surface area contributed by atoms with E-state index in [2.05, 4.69) is 35.9 Å². The largest absolute Gasteiger partial charge is 0.497 e. The fourth-order valence-electron chi connectivity index (χ4n) is 3.76. The third kappa shape index (κ3) is 4.56. The molecule has 2 aromatic heterocycles. The van der Waals surface area contributed by atoms with E-state index in [1.807, 2.05) is 38.2 Å². The van der Waals surface area contributed by atoms with Crippen LogP contribution in [0.3, 0.4) is 0 Å². The standard InChI is InChI=1S/C25H23N7O3/c1-4-20-28-21-22(29-20)30-25(31-24(21)34-19-11-15(14-26)10-18(13-19)33-3)35-17-7-5-6-16(12-17)23-27-8-9-32(23)2/h5-7,10-13H,4,8-9H2,1-3H3,(H,28,29,30,31). The molecule has 0 fully saturated rings. The number of likely N-dealkylation sites (N-methyl/N-ethyl adjacent to an activating group) is 1. The molecule has 10 heteroatoms. The van der Waals surface area contributed by atoms with Gasteiger partial charge in [0.1, 0.15) is 34.4 Å². The van der Waals surface area contributed by atoms with Crippen molar-refractivity contribution in [3.8, 4) is 35.2 Å². The summed E-state index contributed by atoms with van der Waals surface area (Å²) in [7, 11) is 3.54. The van der Waals surface area contributed by atoms with E-state index in [0.717, 1.165) is 30.3 Å². The number of fused-ring (bicyclic) bond motifs is 1. The Kier molecular flexibility index (Phi) is 5.89. The van der Waals surface area contributed by atoms with Crippen molar-refractivity contribution < 1.29 is 14.2 Å². The van der Waals surface area contributed by atoms with Crippen LogP contribution >= 0.6 is 0 Å². The number of aliphatic imine (C=N–C) groups is 1. The Morgan fingerprint density at radius 1 is 1.06 bits per heavy atom. The number of nitrogens with zero attached hydrogens (tertiary/aromatic N) is 6. The number of methoxy groups -OCH3 is 1. The number of nitrogens with one attached hydrogen (secondary N) is 1. The van der Waals surface area contributed by atoms with E-state index < -0.39 is 0 Å². The molecule has 3 heterocycles. The molecule has 0 atom stereocenters. The molecule has 5 rings (SSSR count). The Labute approximate surface area is 201 Å². The van der Waals surface area contributed by atoms with Crippen molar-refractivity contribution in [3.05, 3.63) is 59.4 Å². The molecule has 0 saturated heterocycles. The van der Waals surface area contributed by atoms with E-state index in [9.17, 15) is 5.26 Å². The van der Waals surface area contributed by atoms with Crippen LogP contribution in [-0.2, 0) is 6.42 Å². The van der Waals surface area contributed by atoms with Gasteiger partial charge >= 0.3 is 6.01 Å². The molecule has 2 aromatic carbocycles. The van der Waals surface area contributed by atoms with Gasteiger partial charge in [-0.2, -0.15) is 15.2 Å². The molecule has 0 spiro atoms. The minimum atomic E-state index is 0.0870. The zero-order valence-corrected chi connectivity index (χ0v) is 19.6. The number of aromatic nitrogens is 4. The van der Waals surface area contributed by atoms with Gasteiger partial charge in [-0.1, -0.05) is 19.1 Å². The highest BCUT2D eigenvalue weighted by Crippen LogP contribution is 2.32. The van der Waals surface area contributed by atoms with E-state index in [0.29, 0.717) is 40.4 Å². The van der Waals surface area contributed by atoms with Gasteiger partial charge in [-0.3, -0.25) is 4.99 Å². The summed E-state index contributed by atoms with van der Waals surface area (Å²) in [5.74, 6) is 3.34. The predicted octanol–water partition coefficient (Wildman–Crippen LogP) is 4.07. The second-order valence-corrected chi connectivity index (χ2v) is 7.91. The van der Waals surface area contributed by atoms with Crippen LogP contribution in [0.15, 0.2) is 47.5 Å². The van der Waals surface area contributed by atoms with Crippen molar-refractivity contribution >= 4 is 17.0 Å². The maximum Gasteiger partial charge on any atom is 0.327 e. The number of hydrogen-bond donors (Lipinski definition) is 1. The molecule has 0 unspecified atom stereocenters. The van der Waals surface area contributed by atoms with E-state index in [1.54, 1.807) is 18.2 Å². The summed E-state index contributed by atoms with van der Waals surface area (Å²) >= 11 is 0. The number of benzene rings is 2. The van der Waals surface area contributed by atoms with Crippen LogP contribution in [-0.4, -0.2) is 57.9 Å². The summed E-state index contributed by atoms with van der Waals surface area (Å²) in [5, 5.41) is 9.35. The Balaban J connectivity index is 1.52. The summed E-state index contributed by atoms with van der Waals surface area (Å²) in [6, 6.07) is 14.7. The molecule has 0 saturated carbocycles. The first-order valence-electron chi connectivity index (χ1n) is 11.1. The maximum atomic E-state index is 9.35. The molecular formula is C25H23N7O3. The summed E-state index contributed by atoms with van der Waals surface area (Å²) < 4.78 is 17.4. The molecule has 0 aliphatic carbocycles. The molecular weight excluding hydrogens is 446 g/mol. The van der Waals surface area contributed by atoms with Crippen molar-refractivity contribution in [1.82, 2.24) is 24.8 Å². The quantitative estimate of drug-likeness (QED) is 0.430. The number of H-pyrrole nitrogens is 1. The second-order valence-electron chi connectivity index (χ2n) is 7.91. The van der Waals surface area contributed by atoms with Crippen molar-refractivity contribution in [1.29, 1.82) is 5.26 Å². The van der Waals surface area contributed by atoms with E-state index >= 15 is 0 Å². The number of ether oxygens (including phenoxy) is 3. The van der Waals surface area contributed by atoms with Crippen molar-refractivity contribution in [2.75, 3.05) is 27.2 Å². The van der Waals surface area contributed by atoms with Crippen LogP contribution in [0.1, 0.15) is 23.9 Å². The van der Waals surface area contributed by atoms with Gasteiger partial charge in [-0.15, -0.1) is 0 Å². The Morgan fingerprint density at radius 2 is 1.91 bits per heavy atom. The highest BCUT2D eigenvalue weighted by molar-refractivity contribution is 5.99. The first-order valence-corrected chi connectivity index (χ1v) is 11.1. The summed E-state index contributed by atoms with van der Waals surface area (Å²) in [6.07, 6.45) is 0.682. The molecule has 0 bridgehead atoms. The van der Waals surface area contributed by atoms with Crippen LogP contribution in [0.5, 0.6) is 29.1 Å². The lowest BCUT2D eigenvalue weighted by Crippen LogP contribution is -2.23. The molecule has 0 amide bonds. The number of imidazole rings is 1. The molecule has 10 nitrogen and oxygen atoms in total. The van der Waals surface area contributed by atoms with Crippen molar-refractivity contribution in [2.45, 2.75) is 13.3 Å². The second kappa shape index (κ2) is 9.30. The lowest BCUT2D eigenvalue weighted by atomic mass is 10.2. The molecule has 176 valence electrons. The van der Waals surface area contributed by atoms with E-state index in [4.69, 9.17) is 14.2 Å². The number of aromatic amines is 1. The Morgan fingerprint density at radius 3 is 2.66 bits per heavy atom. The zero-order chi connectivity index (χ0) is 24.4. The van der Waals surface area contributed by atoms with Gasteiger partial charge in [0.05, 0.1) is 25.3 Å². The van der Waals surface area contributed by atoms with Crippen molar-refractivity contribution in [2.24, 2.45) is 4.99 Å². The predicted molar refractivity (Wildman–Crippen MR) is 129 cm³/mol. The highest BCUT2D eigenvalue weighted by Gasteiger charge is 2.18. The fourth-order valence-corrected chi connectivity index (χ4v) is 3.76. The number of nitriles is 1. The average molecular weight is 470 g/mol. The number of amidine groups is 1. The van der Waals surface area contributed by atoms with Gasteiger partial charge in [0.2, 0.25) is 0 Å². The summed E-state index contributed by atoms with van der Waals surface area (Å²) in [4.78, 5) is 23.4. The third-order valence-corrected chi connectivity index (χ3v) is 5.50. The lowest BCUT2D eigenvalue weighted by Gasteiger charge is -2.14. The first-order chi connectivity index (χ1) is 17.1. The number of hydrogen-bond acceptors (Lipinski definition) is 9. The maximum absolute atomic E-state index is 9.35. The molecule has 1 aliphatic heterocycles. The Bertz CT molecular complexity index is 1470. The van der Waals surface area contributed by atoms with Gasteiger partial charge in [0.15, 0.2) is 5.65 Å². The SMILES string of the molecule is CCc1nc2nc(Oc3cccc(C4=NCCN4C)c3)nc(Oc3cc(C#N)cc(OC)c3)c2[nH]1. The average Bonchev–Trinajstić information content (AvgIpc) is 3.50. The lowest BCUT2D eigenvalue weighted by molar-refractivity contribution is 0.402. The van der Waals surface area contributed by atoms with Crippen LogP contribution in [0.2, 0.25) is 0 Å². The smallest absolute Gasteiger partial charge is 0.327 e. The molecule has 1 aliphatic rings. The normalized spacial score (nSPS) is 13.0. The van der Waals surface area contributed by atoms with E-state index in [1.165, 1.54) is 7.11 Å². The van der Waals surface area contributed by atoms with Crippen LogP contribution in [0, 0.1) is 11.3 Å². The Hall–Kier alpha value is -4.65. The number of rotatable bonds is 7. The molecule has 1 N–H and O–H groups in total. The van der Waals surface area contributed by atoms with Crippen molar-refractivity contribution in [3.63, 3.8) is 0 Å². The number of aryl methyl sites for hydroxylation is 1. The van der Waals surface area contributed by atoms with Gasteiger partial charge < -0.3 is 24.1 Å². The minimum absolute atomic E-state index is 0.0870. The van der Waals surface area contributed by atoms with Gasteiger partial charge in [0, 0.05) is 31.6 Å². The molecule has 35 heavy (non-hydrogen) atoms. The minimum Gasteiger partial charge on any atom is -0.497 e. The van der Waals surface area contributed by atoms with Crippen LogP contribution in [0.4, 0.5) is 0 Å². The van der Waals surface area contributed by atoms with Gasteiger partial charge in [0.25, 0.3) is 5.88 Å². The monoisotopic (exact) mass is 469 g/mol. The van der Waals surface area contributed by atoms with E-state index in [-0.39, 0.29) is 11.9 Å². The summed E-state index contributed by atoms with van der Waals surface area (Å²) in [6.45, 7) is 3.64.